The van der Waals surface area contributed by atoms with Crippen molar-refractivity contribution in [3.05, 3.63) is 35.4 Å². The van der Waals surface area contributed by atoms with Crippen molar-refractivity contribution in [3.63, 3.8) is 0 Å². The average Bonchev–Trinajstić information content (AvgIpc) is 2.58. The Morgan fingerprint density at radius 1 is 1.16 bits per heavy atom. The molecule has 2 bridgehead atoms. The first-order chi connectivity index (χ1) is 14.6. The lowest BCUT2D eigenvalue weighted by molar-refractivity contribution is -0.262. The normalized spacial score (nSPS) is 23.9. The van der Waals surface area contributed by atoms with Crippen LogP contribution in [0, 0.1) is 0 Å². The van der Waals surface area contributed by atoms with Crippen LogP contribution in [-0.4, -0.2) is 46.2 Å². The van der Waals surface area contributed by atoms with Gasteiger partial charge >= 0.3 is 18.3 Å². The van der Waals surface area contributed by atoms with E-state index in [9.17, 15) is 27.6 Å². The number of hydrogen-bond donors (Lipinski definition) is 3. The van der Waals surface area contributed by atoms with E-state index in [1.54, 1.807) is 0 Å². The third-order valence-corrected chi connectivity index (χ3v) is 5.62. The number of primary amides is 1. The van der Waals surface area contributed by atoms with Crippen molar-refractivity contribution in [1.29, 1.82) is 0 Å². The molecule has 3 aliphatic carbocycles. The molecule has 3 aliphatic rings. The molecule has 4 rings (SSSR count). The van der Waals surface area contributed by atoms with Crippen LogP contribution in [0.1, 0.15) is 51.2 Å². The second-order valence-corrected chi connectivity index (χ2v) is 9.60. The Labute approximate surface area is 183 Å². The van der Waals surface area contributed by atoms with Gasteiger partial charge in [0.15, 0.2) is 0 Å². The number of nitrogens with zero attached hydrogens (tertiary/aromatic N) is 1. The van der Waals surface area contributed by atoms with Crippen molar-refractivity contribution in [3.8, 4) is 0 Å². The number of nitrogens with one attached hydrogen (secondary N) is 2. The molecule has 0 heterocycles. The van der Waals surface area contributed by atoms with E-state index in [0.29, 0.717) is 24.8 Å². The van der Waals surface area contributed by atoms with Crippen molar-refractivity contribution < 1.29 is 32.3 Å². The molecule has 0 spiro atoms. The Bertz CT molecular complexity index is 907. The molecule has 0 saturated heterocycles. The summed E-state index contributed by atoms with van der Waals surface area (Å²) in [5, 5.41) is 4.94. The van der Waals surface area contributed by atoms with Crippen LogP contribution in [-0.2, 0) is 22.3 Å². The van der Waals surface area contributed by atoms with Crippen LogP contribution >= 0.6 is 0 Å². The summed E-state index contributed by atoms with van der Waals surface area (Å²) >= 11 is 0. The molecule has 176 valence electrons. The summed E-state index contributed by atoms with van der Waals surface area (Å²) in [4.78, 5) is 37.4. The van der Waals surface area contributed by atoms with Gasteiger partial charge in [-0.1, -0.05) is 12.1 Å². The summed E-state index contributed by atoms with van der Waals surface area (Å²) in [6.45, 7) is 5.00. The zero-order valence-electron chi connectivity index (χ0n) is 18.1. The molecule has 8 nitrogen and oxygen atoms in total. The van der Waals surface area contributed by atoms with E-state index in [2.05, 4.69) is 10.6 Å². The van der Waals surface area contributed by atoms with E-state index in [4.69, 9.17) is 10.5 Å². The van der Waals surface area contributed by atoms with Gasteiger partial charge in [0.1, 0.15) is 5.60 Å². The number of alkyl halides is 3. The number of carbonyl (C=O) groups excluding carboxylic acids is 3. The number of alkyl carbamates (subject to hydrolysis) is 1. The maximum atomic E-state index is 13.1. The van der Waals surface area contributed by atoms with Gasteiger partial charge in [-0.25, -0.2) is 9.59 Å². The number of nitrogens with two attached hydrogens (primary N) is 1. The number of rotatable bonds is 6. The highest BCUT2D eigenvalue weighted by Gasteiger charge is 2.74. The third kappa shape index (κ3) is 5.08. The average molecular weight is 456 g/mol. The van der Waals surface area contributed by atoms with E-state index in [-0.39, 0.29) is 13.1 Å². The molecule has 32 heavy (non-hydrogen) atoms. The summed E-state index contributed by atoms with van der Waals surface area (Å²) in [6, 6.07) is 3.86. The molecule has 3 saturated carbocycles. The summed E-state index contributed by atoms with van der Waals surface area (Å²) in [7, 11) is 0. The number of carbonyl (C=O) groups is 3. The predicted octanol–water partition coefficient (Wildman–Crippen LogP) is 2.90. The number of benzene rings is 1. The molecular formula is C21H27F3N4O4. The van der Waals surface area contributed by atoms with Gasteiger partial charge in [0.25, 0.3) is 0 Å². The highest BCUT2D eigenvalue weighted by molar-refractivity contribution is 5.84. The standard InChI is InChI=1S/C21H27F3N4O4/c1-18(2,3)27-17(31)32-20-10-19(11-20,12-20)28(15(29)8-26-16(25)30)9-13-5-4-6-14(7-13)21(22,23)24/h4-7H,8-12H2,1-3H3,(H,27,31)(H3,25,26,30). The molecule has 4 N–H and O–H groups in total. The second-order valence-electron chi connectivity index (χ2n) is 9.60. The van der Waals surface area contributed by atoms with Gasteiger partial charge in [0.05, 0.1) is 17.6 Å². The molecule has 0 unspecified atom stereocenters. The minimum absolute atomic E-state index is 0.0759. The topological polar surface area (TPSA) is 114 Å². The van der Waals surface area contributed by atoms with Crippen LogP contribution in [0.2, 0.25) is 0 Å². The maximum Gasteiger partial charge on any atom is 0.416 e. The first kappa shape index (κ1) is 23.7. The second kappa shape index (κ2) is 7.86. The van der Waals surface area contributed by atoms with Gasteiger partial charge < -0.3 is 26.0 Å². The number of hydrogen-bond acceptors (Lipinski definition) is 4. The Balaban J connectivity index is 1.73. The minimum Gasteiger partial charge on any atom is -0.443 e. The van der Waals surface area contributed by atoms with Crippen LogP contribution in [0.4, 0.5) is 22.8 Å². The fraction of sp³-hybridized carbons (Fsp3) is 0.571. The molecule has 0 radical (unpaired) electrons. The van der Waals surface area contributed by atoms with Crippen molar-refractivity contribution >= 4 is 18.0 Å². The first-order valence-corrected chi connectivity index (χ1v) is 10.1. The molecule has 11 heteroatoms. The quantitative estimate of drug-likeness (QED) is 0.611. The SMILES string of the molecule is CC(C)(C)NC(=O)OC12CC(N(Cc3cccc(C(F)(F)F)c3)C(=O)CNC(N)=O)(C1)C2. The van der Waals surface area contributed by atoms with Gasteiger partial charge in [-0.15, -0.1) is 0 Å². The number of ether oxygens (including phenoxy) is 1. The molecule has 4 amide bonds. The van der Waals surface area contributed by atoms with E-state index in [1.165, 1.54) is 17.0 Å². The van der Waals surface area contributed by atoms with Crippen LogP contribution in [0.15, 0.2) is 24.3 Å². The fourth-order valence-electron chi connectivity index (χ4n) is 4.37. The van der Waals surface area contributed by atoms with E-state index >= 15 is 0 Å². The van der Waals surface area contributed by atoms with Crippen LogP contribution in [0.3, 0.4) is 0 Å². The molecule has 0 atom stereocenters. The Morgan fingerprint density at radius 2 is 1.78 bits per heavy atom. The summed E-state index contributed by atoms with van der Waals surface area (Å²) in [5.74, 6) is -0.478. The van der Waals surface area contributed by atoms with Gasteiger partial charge in [0.2, 0.25) is 5.91 Å². The van der Waals surface area contributed by atoms with Gasteiger partial charge in [-0.2, -0.15) is 13.2 Å². The monoisotopic (exact) mass is 456 g/mol. The smallest absolute Gasteiger partial charge is 0.416 e. The first-order valence-electron chi connectivity index (χ1n) is 10.1. The highest BCUT2D eigenvalue weighted by atomic mass is 19.4. The largest absolute Gasteiger partial charge is 0.443 e. The lowest BCUT2D eigenvalue weighted by Gasteiger charge is -2.71. The molecular weight excluding hydrogens is 429 g/mol. The van der Waals surface area contributed by atoms with E-state index in [0.717, 1.165) is 12.1 Å². The zero-order chi connectivity index (χ0) is 23.9. The van der Waals surface area contributed by atoms with E-state index < -0.39 is 46.5 Å². The van der Waals surface area contributed by atoms with E-state index in [1.807, 2.05) is 20.8 Å². The minimum atomic E-state index is -4.51. The highest BCUT2D eigenvalue weighted by Crippen LogP contribution is 2.66. The van der Waals surface area contributed by atoms with Gasteiger partial charge in [-0.3, -0.25) is 4.79 Å². The van der Waals surface area contributed by atoms with Gasteiger partial charge in [-0.05, 0) is 38.5 Å². The number of halogens is 3. The lowest BCUT2D eigenvalue weighted by atomic mass is 9.45. The van der Waals surface area contributed by atoms with Crippen molar-refractivity contribution in [2.75, 3.05) is 6.54 Å². The molecule has 1 aromatic carbocycles. The van der Waals surface area contributed by atoms with Crippen LogP contribution in [0.25, 0.3) is 0 Å². The summed E-state index contributed by atoms with van der Waals surface area (Å²) in [5.41, 5.74) is 2.72. The molecule has 1 aromatic rings. The summed E-state index contributed by atoms with van der Waals surface area (Å²) in [6.07, 6.45) is -3.94. The molecule has 3 fully saturated rings. The molecule has 0 aromatic heterocycles. The van der Waals surface area contributed by atoms with Crippen molar-refractivity contribution in [2.24, 2.45) is 5.73 Å². The van der Waals surface area contributed by atoms with Crippen LogP contribution < -0.4 is 16.4 Å². The molecule has 0 aliphatic heterocycles. The Hall–Kier alpha value is -2.98. The third-order valence-electron chi connectivity index (χ3n) is 5.62. The van der Waals surface area contributed by atoms with Gasteiger partial charge in [0, 0.05) is 31.3 Å². The number of amides is 4. The fourth-order valence-corrected chi connectivity index (χ4v) is 4.37. The van der Waals surface area contributed by atoms with Crippen molar-refractivity contribution in [1.82, 2.24) is 15.5 Å². The van der Waals surface area contributed by atoms with Crippen molar-refractivity contribution in [2.45, 2.75) is 69.4 Å². The van der Waals surface area contributed by atoms with Crippen LogP contribution in [0.5, 0.6) is 0 Å². The Morgan fingerprint density at radius 3 is 2.31 bits per heavy atom. The zero-order valence-corrected chi connectivity index (χ0v) is 18.1. The Kier molecular flexibility index (Phi) is 5.82. The predicted molar refractivity (Wildman–Crippen MR) is 108 cm³/mol. The summed E-state index contributed by atoms with van der Waals surface area (Å²) < 4.78 is 44.8. The number of urea groups is 1. The lowest BCUT2D eigenvalue weighted by Crippen LogP contribution is -2.80. The maximum absolute atomic E-state index is 13.1.